The van der Waals surface area contributed by atoms with Gasteiger partial charge in [-0.1, -0.05) is 0 Å². The maximum atomic E-state index is 12.2. The van der Waals surface area contributed by atoms with E-state index in [1.54, 1.807) is 13.8 Å². The highest BCUT2D eigenvalue weighted by atomic mass is 19.4. The fourth-order valence-electron chi connectivity index (χ4n) is 1.28. The van der Waals surface area contributed by atoms with Crippen molar-refractivity contribution in [1.29, 1.82) is 0 Å². The Kier molecular flexibility index (Phi) is 5.28. The van der Waals surface area contributed by atoms with Gasteiger partial charge in [-0.05, 0) is 20.8 Å². The van der Waals surface area contributed by atoms with Crippen molar-refractivity contribution in [3.8, 4) is 0 Å². The monoisotopic (exact) mass is 264 g/mol. The van der Waals surface area contributed by atoms with E-state index in [0.717, 1.165) is 6.92 Å². The van der Waals surface area contributed by atoms with Gasteiger partial charge in [0.25, 0.3) is 0 Å². The summed E-state index contributed by atoms with van der Waals surface area (Å²) in [4.78, 5) is 4.08. The zero-order valence-electron chi connectivity index (χ0n) is 9.65. The van der Waals surface area contributed by atoms with Crippen molar-refractivity contribution < 1.29 is 26.3 Å². The third-order valence-corrected chi connectivity index (χ3v) is 2.16. The Hall–Kier alpha value is -0.950. The van der Waals surface area contributed by atoms with E-state index in [2.05, 4.69) is 4.99 Å². The average molecular weight is 264 g/mol. The van der Waals surface area contributed by atoms with E-state index in [4.69, 9.17) is 0 Å². The molecule has 0 aliphatic carbocycles. The molecule has 0 aliphatic rings. The molecule has 0 atom stereocenters. The van der Waals surface area contributed by atoms with Crippen LogP contribution < -0.4 is 0 Å². The van der Waals surface area contributed by atoms with Crippen LogP contribution in [0.3, 0.4) is 0 Å². The highest BCUT2D eigenvalue weighted by Gasteiger charge is 2.57. The fourth-order valence-corrected chi connectivity index (χ4v) is 1.28. The first-order valence-corrected chi connectivity index (χ1v) is 4.96. The summed E-state index contributed by atoms with van der Waals surface area (Å²) in [7, 11) is 0. The molecule has 2 nitrogen and oxygen atoms in total. The van der Waals surface area contributed by atoms with E-state index < -0.39 is 18.4 Å². The van der Waals surface area contributed by atoms with Gasteiger partial charge in [0.2, 0.25) is 6.04 Å². The molecule has 8 heteroatoms. The van der Waals surface area contributed by atoms with Gasteiger partial charge in [0.05, 0.1) is 5.84 Å². The van der Waals surface area contributed by atoms with Crippen molar-refractivity contribution in [3.05, 3.63) is 0 Å². The Labute approximate surface area is 95.3 Å². The van der Waals surface area contributed by atoms with Crippen molar-refractivity contribution in [2.75, 3.05) is 13.1 Å². The van der Waals surface area contributed by atoms with E-state index in [1.165, 1.54) is 4.90 Å². The molecule has 0 saturated carbocycles. The summed E-state index contributed by atoms with van der Waals surface area (Å²) in [6.07, 6.45) is -10.8. The molecule has 17 heavy (non-hydrogen) atoms. The van der Waals surface area contributed by atoms with Gasteiger partial charge in [0.1, 0.15) is 0 Å². The van der Waals surface area contributed by atoms with Crippen molar-refractivity contribution in [2.45, 2.75) is 39.2 Å². The minimum absolute atomic E-state index is 0.269. The molecule has 0 saturated heterocycles. The predicted molar refractivity (Wildman–Crippen MR) is 51.9 cm³/mol. The predicted octanol–water partition coefficient (Wildman–Crippen LogP) is 3.24. The molecule has 0 fully saturated rings. The maximum Gasteiger partial charge on any atom is 0.419 e. The van der Waals surface area contributed by atoms with Crippen molar-refractivity contribution in [1.82, 2.24) is 4.90 Å². The van der Waals surface area contributed by atoms with E-state index in [0.29, 0.717) is 13.1 Å². The molecule has 0 aromatic carbocycles. The number of alkyl halides is 6. The van der Waals surface area contributed by atoms with Gasteiger partial charge in [-0.3, -0.25) is 4.99 Å². The largest absolute Gasteiger partial charge is 0.419 e. The van der Waals surface area contributed by atoms with Crippen LogP contribution in [0, 0.1) is 0 Å². The second-order valence-electron chi connectivity index (χ2n) is 3.33. The summed E-state index contributed by atoms with van der Waals surface area (Å²) < 4.78 is 73.2. The van der Waals surface area contributed by atoms with Crippen molar-refractivity contribution in [2.24, 2.45) is 4.99 Å². The van der Waals surface area contributed by atoms with E-state index >= 15 is 0 Å². The standard InChI is InChI=1S/C9H14F6N2/c1-4-17(5-2)6(3)16-7(8(10,11)12)9(13,14)15/h7H,4-5H2,1-3H3. The first kappa shape index (κ1) is 16.1. The smallest absolute Gasteiger partial charge is 0.361 e. The molecular weight excluding hydrogens is 250 g/mol. The van der Waals surface area contributed by atoms with Crippen LogP contribution in [0.15, 0.2) is 4.99 Å². The summed E-state index contributed by atoms with van der Waals surface area (Å²) in [5, 5.41) is 0. The Morgan fingerprint density at radius 3 is 1.59 bits per heavy atom. The highest BCUT2D eigenvalue weighted by Crippen LogP contribution is 2.35. The molecule has 0 aliphatic heterocycles. The normalized spacial score (nSPS) is 14.4. The van der Waals surface area contributed by atoms with Crippen LogP contribution in [0.25, 0.3) is 0 Å². The quantitative estimate of drug-likeness (QED) is 0.434. The molecule has 0 bridgehead atoms. The molecule has 0 radical (unpaired) electrons. The maximum absolute atomic E-state index is 12.2. The third kappa shape index (κ3) is 4.82. The summed E-state index contributed by atoms with van der Waals surface area (Å²) in [6, 6.07) is -3.66. The topological polar surface area (TPSA) is 15.6 Å². The fraction of sp³-hybridized carbons (Fsp3) is 0.889. The first-order valence-electron chi connectivity index (χ1n) is 4.96. The van der Waals surface area contributed by atoms with Gasteiger partial charge >= 0.3 is 12.4 Å². The van der Waals surface area contributed by atoms with Crippen molar-refractivity contribution in [3.63, 3.8) is 0 Å². The lowest BCUT2D eigenvalue weighted by atomic mass is 10.3. The van der Waals surface area contributed by atoms with Gasteiger partial charge in [0.15, 0.2) is 0 Å². The third-order valence-electron chi connectivity index (χ3n) is 2.16. The van der Waals surface area contributed by atoms with Crippen LogP contribution in [0.5, 0.6) is 0 Å². The Morgan fingerprint density at radius 1 is 1.00 bits per heavy atom. The number of amidine groups is 1. The van der Waals surface area contributed by atoms with E-state index in [-0.39, 0.29) is 5.84 Å². The Bertz CT molecular complexity index is 250. The van der Waals surface area contributed by atoms with Crippen LogP contribution >= 0.6 is 0 Å². The minimum atomic E-state index is -5.42. The summed E-state index contributed by atoms with van der Waals surface area (Å²) in [5.41, 5.74) is 0. The van der Waals surface area contributed by atoms with Crippen LogP contribution in [-0.2, 0) is 0 Å². The summed E-state index contributed by atoms with van der Waals surface area (Å²) in [6.45, 7) is 4.98. The molecule has 0 unspecified atom stereocenters. The summed E-state index contributed by atoms with van der Waals surface area (Å²) in [5.74, 6) is -0.269. The number of rotatable bonds is 3. The number of nitrogens with zero attached hydrogens (tertiary/aromatic N) is 2. The summed E-state index contributed by atoms with van der Waals surface area (Å²) >= 11 is 0. The van der Waals surface area contributed by atoms with Gasteiger partial charge < -0.3 is 4.90 Å². The van der Waals surface area contributed by atoms with Gasteiger partial charge in [-0.2, -0.15) is 26.3 Å². The number of hydrogen-bond acceptors (Lipinski definition) is 1. The molecule has 0 N–H and O–H groups in total. The average Bonchev–Trinajstić information content (AvgIpc) is 2.12. The molecular formula is C9H14F6N2. The first-order chi connectivity index (χ1) is 7.54. The van der Waals surface area contributed by atoms with Crippen LogP contribution in [-0.4, -0.2) is 42.2 Å². The second-order valence-corrected chi connectivity index (χ2v) is 3.33. The molecule has 0 heterocycles. The number of hydrogen-bond donors (Lipinski definition) is 0. The van der Waals surface area contributed by atoms with Crippen LogP contribution in [0.2, 0.25) is 0 Å². The molecule has 0 aromatic heterocycles. The van der Waals surface area contributed by atoms with Gasteiger partial charge in [-0.15, -0.1) is 0 Å². The van der Waals surface area contributed by atoms with Gasteiger partial charge in [0, 0.05) is 13.1 Å². The van der Waals surface area contributed by atoms with Crippen LogP contribution in [0.4, 0.5) is 26.3 Å². The lowest BCUT2D eigenvalue weighted by molar-refractivity contribution is -0.248. The van der Waals surface area contributed by atoms with Crippen molar-refractivity contribution >= 4 is 5.84 Å². The Balaban J connectivity index is 5.18. The number of halogens is 6. The SMILES string of the molecule is CCN(CC)C(C)=NC(C(F)(F)F)C(F)(F)F. The lowest BCUT2D eigenvalue weighted by Gasteiger charge is -2.24. The molecule has 0 aromatic rings. The van der Waals surface area contributed by atoms with Gasteiger partial charge in [-0.25, -0.2) is 0 Å². The van der Waals surface area contributed by atoms with E-state index in [9.17, 15) is 26.3 Å². The minimum Gasteiger partial charge on any atom is -0.361 e. The molecule has 0 amide bonds. The zero-order chi connectivity index (χ0) is 13.9. The Morgan fingerprint density at radius 2 is 1.35 bits per heavy atom. The highest BCUT2D eigenvalue weighted by molar-refractivity contribution is 5.79. The van der Waals surface area contributed by atoms with Crippen LogP contribution in [0.1, 0.15) is 20.8 Å². The second kappa shape index (κ2) is 5.59. The lowest BCUT2D eigenvalue weighted by Crippen LogP contribution is -2.43. The van der Waals surface area contributed by atoms with E-state index in [1.807, 2.05) is 0 Å². The molecule has 0 rings (SSSR count). The zero-order valence-corrected chi connectivity index (χ0v) is 9.65. The number of aliphatic imine (C=N–C) groups is 1. The molecule has 0 spiro atoms. The molecule has 102 valence electrons.